The number of anilines is 1. The van der Waals surface area contributed by atoms with Crippen molar-refractivity contribution in [2.24, 2.45) is 0 Å². The highest BCUT2D eigenvalue weighted by atomic mass is 16.5. The average molecular weight is 383 g/mol. The topological polar surface area (TPSA) is 108 Å². The number of carbonyl (C=O) groups excluding carboxylic acids is 2. The van der Waals surface area contributed by atoms with Crippen LogP contribution in [0.1, 0.15) is 26.3 Å². The van der Waals surface area contributed by atoms with Gasteiger partial charge in [-0.1, -0.05) is 24.3 Å². The Bertz CT molecular complexity index is 860. The van der Waals surface area contributed by atoms with E-state index in [1.807, 2.05) is 0 Å². The van der Waals surface area contributed by atoms with Crippen LogP contribution in [0.15, 0.2) is 48.5 Å². The first-order valence-corrected chi connectivity index (χ1v) is 8.88. The Labute approximate surface area is 162 Å². The summed E-state index contributed by atoms with van der Waals surface area (Å²) in [5.41, 5.74) is 1.80. The molecule has 0 bridgehead atoms. The van der Waals surface area contributed by atoms with Gasteiger partial charge in [-0.25, -0.2) is 9.59 Å². The van der Waals surface area contributed by atoms with Crippen molar-refractivity contribution < 1.29 is 24.2 Å². The van der Waals surface area contributed by atoms with Gasteiger partial charge in [-0.3, -0.25) is 4.79 Å². The number of carboxylic acid groups (broad SMARTS) is 1. The molecule has 1 heterocycles. The normalized spacial score (nSPS) is 13.6. The maximum Gasteiger partial charge on any atom is 0.335 e. The molecule has 1 saturated heterocycles. The average Bonchev–Trinajstić information content (AvgIpc) is 2.73. The highest BCUT2D eigenvalue weighted by Crippen LogP contribution is 2.18. The molecule has 0 aliphatic carbocycles. The second-order valence-corrected chi connectivity index (χ2v) is 6.26. The summed E-state index contributed by atoms with van der Waals surface area (Å²) >= 11 is 0. The molecular formula is C20H21N3O5. The number of hydrogen-bond donors (Lipinski definition) is 3. The van der Waals surface area contributed by atoms with Crippen molar-refractivity contribution >= 4 is 23.6 Å². The van der Waals surface area contributed by atoms with Gasteiger partial charge in [0.05, 0.1) is 30.0 Å². The van der Waals surface area contributed by atoms with Crippen LogP contribution in [0.2, 0.25) is 0 Å². The number of urea groups is 1. The number of carboxylic acids is 1. The molecule has 1 fully saturated rings. The number of ether oxygens (including phenoxy) is 1. The Morgan fingerprint density at radius 1 is 1.00 bits per heavy atom. The quantitative estimate of drug-likeness (QED) is 0.733. The van der Waals surface area contributed by atoms with Crippen LogP contribution >= 0.6 is 0 Å². The number of nitrogens with one attached hydrogen (secondary N) is 2. The van der Waals surface area contributed by atoms with E-state index in [0.29, 0.717) is 37.6 Å². The SMILES string of the molecule is O=C(NCc1ccc(C(=O)O)cc1)Nc1ccccc1C(=O)N1CCOCC1. The Hall–Kier alpha value is -3.39. The van der Waals surface area contributed by atoms with Gasteiger partial charge in [0, 0.05) is 19.6 Å². The van der Waals surface area contributed by atoms with Gasteiger partial charge in [0.25, 0.3) is 5.91 Å². The second kappa shape index (κ2) is 9.01. The number of aromatic carboxylic acids is 1. The summed E-state index contributed by atoms with van der Waals surface area (Å²) < 4.78 is 5.27. The predicted octanol–water partition coefficient (Wildman–Crippen LogP) is 2.18. The van der Waals surface area contributed by atoms with E-state index >= 15 is 0 Å². The van der Waals surface area contributed by atoms with Gasteiger partial charge in [0.2, 0.25) is 0 Å². The van der Waals surface area contributed by atoms with Gasteiger partial charge in [0.1, 0.15) is 0 Å². The van der Waals surface area contributed by atoms with Gasteiger partial charge >= 0.3 is 12.0 Å². The van der Waals surface area contributed by atoms with E-state index in [1.165, 1.54) is 12.1 Å². The van der Waals surface area contributed by atoms with E-state index in [4.69, 9.17) is 9.84 Å². The third kappa shape index (κ3) is 4.86. The molecule has 2 aromatic rings. The van der Waals surface area contributed by atoms with Crippen molar-refractivity contribution in [2.45, 2.75) is 6.54 Å². The summed E-state index contributed by atoms with van der Waals surface area (Å²) in [6.45, 7) is 2.27. The number of morpholine rings is 1. The maximum absolute atomic E-state index is 12.7. The number of amides is 3. The lowest BCUT2D eigenvalue weighted by Crippen LogP contribution is -2.41. The van der Waals surface area contributed by atoms with Gasteiger partial charge < -0.3 is 25.4 Å². The molecule has 8 nitrogen and oxygen atoms in total. The number of carbonyl (C=O) groups is 3. The molecule has 0 spiro atoms. The first kappa shape index (κ1) is 19.4. The molecular weight excluding hydrogens is 362 g/mol. The zero-order chi connectivity index (χ0) is 19.9. The van der Waals surface area contributed by atoms with Crippen molar-refractivity contribution in [3.05, 3.63) is 65.2 Å². The van der Waals surface area contributed by atoms with E-state index in [1.54, 1.807) is 41.3 Å². The molecule has 3 N–H and O–H groups in total. The highest BCUT2D eigenvalue weighted by molar-refractivity contribution is 6.03. The Morgan fingerprint density at radius 3 is 2.36 bits per heavy atom. The minimum Gasteiger partial charge on any atom is -0.478 e. The lowest BCUT2D eigenvalue weighted by Gasteiger charge is -2.27. The van der Waals surface area contributed by atoms with Gasteiger partial charge in [0.15, 0.2) is 0 Å². The van der Waals surface area contributed by atoms with Crippen LogP contribution in [0.4, 0.5) is 10.5 Å². The maximum atomic E-state index is 12.7. The van der Waals surface area contributed by atoms with Crippen LogP contribution < -0.4 is 10.6 Å². The summed E-state index contributed by atoms with van der Waals surface area (Å²) in [7, 11) is 0. The molecule has 3 amide bonds. The fraction of sp³-hybridized carbons (Fsp3) is 0.250. The van der Waals surface area contributed by atoms with Crippen LogP contribution in [-0.2, 0) is 11.3 Å². The summed E-state index contributed by atoms with van der Waals surface area (Å²) in [5.74, 6) is -1.15. The molecule has 0 unspecified atom stereocenters. The van der Waals surface area contributed by atoms with Gasteiger partial charge in [-0.15, -0.1) is 0 Å². The summed E-state index contributed by atoms with van der Waals surface area (Å²) in [6, 6.07) is 12.6. The zero-order valence-electron chi connectivity index (χ0n) is 15.2. The second-order valence-electron chi connectivity index (χ2n) is 6.26. The molecule has 146 valence electrons. The van der Waals surface area contributed by atoms with E-state index in [2.05, 4.69) is 10.6 Å². The Morgan fingerprint density at radius 2 is 1.68 bits per heavy atom. The first-order chi connectivity index (χ1) is 13.5. The lowest BCUT2D eigenvalue weighted by atomic mass is 10.1. The number of benzene rings is 2. The van der Waals surface area contributed by atoms with Crippen LogP contribution in [-0.4, -0.2) is 54.2 Å². The molecule has 0 aromatic heterocycles. The Kier molecular flexibility index (Phi) is 6.23. The minimum atomic E-state index is -1.00. The standard InChI is InChI=1S/C20H21N3O5/c24-18(23-9-11-28-12-10-23)16-3-1-2-4-17(16)22-20(27)21-13-14-5-7-15(8-6-14)19(25)26/h1-8H,9-13H2,(H,25,26)(H2,21,22,27). The lowest BCUT2D eigenvalue weighted by molar-refractivity contribution is 0.0303. The summed E-state index contributed by atoms with van der Waals surface area (Å²) in [6.07, 6.45) is 0. The van der Waals surface area contributed by atoms with Crippen molar-refractivity contribution in [3.8, 4) is 0 Å². The summed E-state index contributed by atoms with van der Waals surface area (Å²) in [4.78, 5) is 37.5. The molecule has 1 aliphatic heterocycles. The molecule has 3 rings (SSSR count). The fourth-order valence-electron chi connectivity index (χ4n) is 2.83. The molecule has 0 radical (unpaired) electrons. The smallest absolute Gasteiger partial charge is 0.335 e. The van der Waals surface area contributed by atoms with Crippen molar-refractivity contribution in [2.75, 3.05) is 31.6 Å². The van der Waals surface area contributed by atoms with Crippen molar-refractivity contribution in [1.29, 1.82) is 0 Å². The number of rotatable bonds is 5. The Balaban J connectivity index is 1.61. The van der Waals surface area contributed by atoms with Crippen LogP contribution in [0, 0.1) is 0 Å². The molecule has 0 atom stereocenters. The number of para-hydroxylation sites is 1. The highest BCUT2D eigenvalue weighted by Gasteiger charge is 2.21. The van der Waals surface area contributed by atoms with Crippen molar-refractivity contribution in [3.63, 3.8) is 0 Å². The minimum absolute atomic E-state index is 0.150. The third-order valence-corrected chi connectivity index (χ3v) is 4.36. The fourth-order valence-corrected chi connectivity index (χ4v) is 2.83. The number of nitrogens with zero attached hydrogens (tertiary/aromatic N) is 1. The van der Waals surface area contributed by atoms with Crippen LogP contribution in [0.25, 0.3) is 0 Å². The van der Waals surface area contributed by atoms with E-state index in [9.17, 15) is 14.4 Å². The van der Waals surface area contributed by atoms with Gasteiger partial charge in [-0.05, 0) is 29.8 Å². The molecule has 2 aromatic carbocycles. The first-order valence-electron chi connectivity index (χ1n) is 8.88. The van der Waals surface area contributed by atoms with Gasteiger partial charge in [-0.2, -0.15) is 0 Å². The molecule has 28 heavy (non-hydrogen) atoms. The van der Waals surface area contributed by atoms with E-state index in [-0.39, 0.29) is 18.0 Å². The largest absolute Gasteiger partial charge is 0.478 e. The van der Waals surface area contributed by atoms with Crippen LogP contribution in [0.5, 0.6) is 0 Å². The predicted molar refractivity (Wildman–Crippen MR) is 102 cm³/mol. The monoisotopic (exact) mass is 383 g/mol. The van der Waals surface area contributed by atoms with Crippen molar-refractivity contribution in [1.82, 2.24) is 10.2 Å². The molecule has 8 heteroatoms. The summed E-state index contributed by atoms with van der Waals surface area (Å²) in [5, 5.41) is 14.3. The van der Waals surface area contributed by atoms with E-state index < -0.39 is 12.0 Å². The molecule has 0 saturated carbocycles. The third-order valence-electron chi connectivity index (χ3n) is 4.36. The van der Waals surface area contributed by atoms with E-state index in [0.717, 1.165) is 5.56 Å². The number of hydrogen-bond acceptors (Lipinski definition) is 4. The molecule has 1 aliphatic rings. The zero-order valence-corrected chi connectivity index (χ0v) is 15.2. The van der Waals surface area contributed by atoms with Crippen LogP contribution in [0.3, 0.4) is 0 Å².